The van der Waals surface area contributed by atoms with Crippen molar-refractivity contribution in [3.8, 4) is 0 Å². The number of aromatic nitrogens is 1. The Bertz CT molecular complexity index is 374. The lowest BCUT2D eigenvalue weighted by Crippen LogP contribution is -2.25. The van der Waals surface area contributed by atoms with E-state index in [1.165, 1.54) is 11.3 Å². The van der Waals surface area contributed by atoms with Crippen LogP contribution in [0.4, 0.5) is 5.13 Å². The van der Waals surface area contributed by atoms with E-state index in [9.17, 15) is 4.79 Å². The van der Waals surface area contributed by atoms with Crippen molar-refractivity contribution in [2.75, 3.05) is 12.3 Å². The van der Waals surface area contributed by atoms with Gasteiger partial charge in [0, 0.05) is 5.38 Å². The van der Waals surface area contributed by atoms with Crippen LogP contribution in [0.1, 0.15) is 19.0 Å². The number of thiazole rings is 1. The Morgan fingerprint density at radius 2 is 2.47 bits per heavy atom. The van der Waals surface area contributed by atoms with E-state index in [1.54, 1.807) is 5.38 Å². The third kappa shape index (κ3) is 3.21. The van der Waals surface area contributed by atoms with Gasteiger partial charge in [-0.3, -0.25) is 4.79 Å². The van der Waals surface area contributed by atoms with Crippen LogP contribution in [0.5, 0.6) is 0 Å². The van der Waals surface area contributed by atoms with Crippen LogP contribution in [0.3, 0.4) is 0 Å². The van der Waals surface area contributed by atoms with Gasteiger partial charge in [0.2, 0.25) is 0 Å². The Morgan fingerprint density at radius 1 is 1.73 bits per heavy atom. The Morgan fingerprint density at radius 3 is 2.93 bits per heavy atom. The molecule has 7 heteroatoms. The van der Waals surface area contributed by atoms with E-state index in [0.717, 1.165) is 6.42 Å². The van der Waals surface area contributed by atoms with Gasteiger partial charge in [0.05, 0.1) is 0 Å². The van der Waals surface area contributed by atoms with Gasteiger partial charge >= 0.3 is 0 Å². The smallest absolute Gasteiger partial charge is 0.273 e. The highest BCUT2D eigenvalue weighted by Crippen LogP contribution is 2.12. The van der Waals surface area contributed by atoms with Gasteiger partial charge in [-0.1, -0.05) is 12.1 Å². The molecule has 0 spiro atoms. The molecule has 0 fully saturated rings. The third-order valence-corrected chi connectivity index (χ3v) is 2.12. The van der Waals surface area contributed by atoms with Crippen LogP contribution in [0.25, 0.3) is 0 Å². The molecule has 0 aromatic carbocycles. The van der Waals surface area contributed by atoms with Crippen molar-refractivity contribution in [3.63, 3.8) is 0 Å². The first-order valence-corrected chi connectivity index (χ1v) is 5.24. The highest BCUT2D eigenvalue weighted by atomic mass is 32.1. The van der Waals surface area contributed by atoms with Crippen LogP contribution >= 0.6 is 11.3 Å². The summed E-state index contributed by atoms with van der Waals surface area (Å²) in [5.74, 6) is -0.684. The summed E-state index contributed by atoms with van der Waals surface area (Å²) in [5, 5.41) is 5.59. The second-order valence-electron chi connectivity index (χ2n) is 2.71. The maximum atomic E-state index is 11.0. The Balaban J connectivity index is 2.83. The number of carbonyl (C=O) groups is 1. The number of hydrogen-bond donors (Lipinski definition) is 2. The van der Waals surface area contributed by atoms with Crippen molar-refractivity contribution in [3.05, 3.63) is 11.1 Å². The van der Waals surface area contributed by atoms with Gasteiger partial charge in [0.15, 0.2) is 10.8 Å². The van der Waals surface area contributed by atoms with Crippen LogP contribution in [-0.2, 0) is 9.63 Å². The van der Waals surface area contributed by atoms with E-state index in [1.807, 2.05) is 6.92 Å². The molecule has 1 aromatic heterocycles. The van der Waals surface area contributed by atoms with Gasteiger partial charge in [-0.2, -0.15) is 0 Å². The molecule has 1 aromatic rings. The fraction of sp³-hybridized carbons (Fsp3) is 0.375. The molecule has 0 aliphatic carbocycles. The molecule has 1 heterocycles. The average Bonchev–Trinajstić information content (AvgIpc) is 2.59. The van der Waals surface area contributed by atoms with Crippen LogP contribution < -0.4 is 11.5 Å². The maximum Gasteiger partial charge on any atom is 0.273 e. The van der Waals surface area contributed by atoms with Crippen molar-refractivity contribution in [2.45, 2.75) is 13.3 Å². The minimum Gasteiger partial charge on any atom is -0.395 e. The van der Waals surface area contributed by atoms with Gasteiger partial charge in [-0.15, -0.1) is 11.3 Å². The summed E-state index contributed by atoms with van der Waals surface area (Å²) < 4.78 is 0. The molecule has 0 saturated carbocycles. The van der Waals surface area contributed by atoms with Crippen LogP contribution in [0.15, 0.2) is 10.5 Å². The summed E-state index contributed by atoms with van der Waals surface area (Å²) in [7, 11) is 0. The number of nitrogens with two attached hydrogens (primary N) is 2. The third-order valence-electron chi connectivity index (χ3n) is 1.45. The molecular weight excluding hydrogens is 216 g/mol. The van der Waals surface area contributed by atoms with Crippen molar-refractivity contribution in [2.24, 2.45) is 10.9 Å². The summed E-state index contributed by atoms with van der Waals surface area (Å²) in [6.45, 7) is 2.36. The second kappa shape index (κ2) is 5.30. The minimum atomic E-state index is -0.684. The summed E-state index contributed by atoms with van der Waals surface area (Å²) in [5.41, 5.74) is 10.9. The zero-order valence-electron chi connectivity index (χ0n) is 8.27. The molecule has 82 valence electrons. The van der Waals surface area contributed by atoms with Crippen molar-refractivity contribution in [1.82, 2.24) is 4.98 Å². The zero-order valence-corrected chi connectivity index (χ0v) is 9.08. The average molecular weight is 228 g/mol. The molecule has 0 radical (unpaired) electrons. The SMILES string of the molecule is CCCON=C(C(N)=O)c1csc(N)n1. The van der Waals surface area contributed by atoms with E-state index < -0.39 is 5.91 Å². The number of hydrogen-bond acceptors (Lipinski definition) is 6. The first kappa shape index (κ1) is 11.4. The highest BCUT2D eigenvalue weighted by Gasteiger charge is 2.14. The zero-order chi connectivity index (χ0) is 11.3. The van der Waals surface area contributed by atoms with Crippen LogP contribution in [-0.4, -0.2) is 23.2 Å². The molecule has 0 bridgehead atoms. The largest absolute Gasteiger partial charge is 0.395 e. The van der Waals surface area contributed by atoms with E-state index >= 15 is 0 Å². The lowest BCUT2D eigenvalue weighted by Gasteiger charge is -1.98. The number of anilines is 1. The molecule has 0 aliphatic rings. The van der Waals surface area contributed by atoms with Crippen LogP contribution in [0.2, 0.25) is 0 Å². The van der Waals surface area contributed by atoms with Crippen molar-refractivity contribution >= 4 is 28.1 Å². The van der Waals surface area contributed by atoms with E-state index in [-0.39, 0.29) is 5.71 Å². The monoisotopic (exact) mass is 228 g/mol. The Kier molecular flexibility index (Phi) is 4.04. The number of nitrogens with zero attached hydrogens (tertiary/aromatic N) is 2. The van der Waals surface area contributed by atoms with E-state index in [2.05, 4.69) is 10.1 Å². The van der Waals surface area contributed by atoms with Gasteiger partial charge in [0.1, 0.15) is 12.3 Å². The van der Waals surface area contributed by atoms with Gasteiger partial charge in [0.25, 0.3) is 5.91 Å². The Hall–Kier alpha value is -1.63. The standard InChI is InChI=1S/C8H12N4O2S/c1-2-3-14-12-6(7(9)13)5-4-15-8(10)11-5/h4H,2-3H2,1H3,(H2,9,13)(H2,10,11). The Labute approximate surface area is 90.9 Å². The number of primary amides is 1. The number of rotatable bonds is 5. The lowest BCUT2D eigenvalue weighted by atomic mass is 10.3. The quantitative estimate of drug-likeness (QED) is 0.431. The van der Waals surface area contributed by atoms with Gasteiger partial charge in [-0.25, -0.2) is 4.98 Å². The maximum absolute atomic E-state index is 11.0. The molecule has 0 unspecified atom stereocenters. The number of carbonyl (C=O) groups excluding carboxylic acids is 1. The van der Waals surface area contributed by atoms with E-state index in [4.69, 9.17) is 16.3 Å². The molecular formula is C8H12N4O2S. The molecule has 0 saturated heterocycles. The second-order valence-corrected chi connectivity index (χ2v) is 3.60. The summed E-state index contributed by atoms with van der Waals surface area (Å²) >= 11 is 1.21. The van der Waals surface area contributed by atoms with Crippen molar-refractivity contribution in [1.29, 1.82) is 0 Å². The van der Waals surface area contributed by atoms with Crippen molar-refractivity contribution < 1.29 is 9.63 Å². The first-order chi connectivity index (χ1) is 7.15. The first-order valence-electron chi connectivity index (χ1n) is 4.36. The molecule has 4 N–H and O–H groups in total. The normalized spacial score (nSPS) is 11.4. The topological polar surface area (TPSA) is 104 Å². The van der Waals surface area contributed by atoms with Gasteiger partial charge in [-0.05, 0) is 6.42 Å². The molecule has 6 nitrogen and oxygen atoms in total. The van der Waals surface area contributed by atoms with E-state index in [0.29, 0.717) is 17.4 Å². The number of amides is 1. The number of oxime groups is 1. The number of nitrogen functional groups attached to an aromatic ring is 1. The fourth-order valence-corrected chi connectivity index (χ4v) is 1.36. The predicted molar refractivity (Wildman–Crippen MR) is 58.5 cm³/mol. The summed E-state index contributed by atoms with van der Waals surface area (Å²) in [6.07, 6.45) is 0.800. The fourth-order valence-electron chi connectivity index (χ4n) is 0.816. The molecule has 1 rings (SSSR count). The summed E-state index contributed by atoms with van der Waals surface area (Å²) in [6, 6.07) is 0. The molecule has 1 amide bonds. The van der Waals surface area contributed by atoms with Crippen LogP contribution in [0, 0.1) is 0 Å². The molecule has 15 heavy (non-hydrogen) atoms. The molecule has 0 aliphatic heterocycles. The van der Waals surface area contributed by atoms with Gasteiger partial charge < -0.3 is 16.3 Å². The minimum absolute atomic E-state index is 0.00333. The summed E-state index contributed by atoms with van der Waals surface area (Å²) in [4.78, 5) is 19.8. The molecule has 0 atom stereocenters. The predicted octanol–water partition coefficient (Wildman–Crippen LogP) is 0.341. The highest BCUT2D eigenvalue weighted by molar-refractivity contribution is 7.13. The lowest BCUT2D eigenvalue weighted by molar-refractivity contribution is -0.112.